The molecule has 1 amide bonds. The molecule has 2 aliphatic rings. The average molecular weight is 347 g/mol. The van der Waals surface area contributed by atoms with Crippen molar-refractivity contribution in [2.75, 3.05) is 36.0 Å². The third kappa shape index (κ3) is 2.52. The van der Waals surface area contributed by atoms with Gasteiger partial charge in [-0.25, -0.2) is 0 Å². The SMILES string of the molecule is CC1(C)c2cc(C#N)ccc2C(=O)N1c1cncc(N2CCNCC2)c1. The van der Waals surface area contributed by atoms with Crippen LogP contribution >= 0.6 is 0 Å². The molecule has 4 rings (SSSR count). The molecule has 6 heteroatoms. The fraction of sp³-hybridized carbons (Fsp3) is 0.350. The minimum atomic E-state index is -0.539. The minimum absolute atomic E-state index is 0.0475. The molecule has 0 saturated carbocycles. The molecule has 1 fully saturated rings. The quantitative estimate of drug-likeness (QED) is 0.902. The van der Waals surface area contributed by atoms with Gasteiger partial charge in [-0.15, -0.1) is 0 Å². The summed E-state index contributed by atoms with van der Waals surface area (Å²) in [6.45, 7) is 7.76. The molecule has 1 saturated heterocycles. The molecule has 0 bridgehead atoms. The predicted molar refractivity (Wildman–Crippen MR) is 100 cm³/mol. The Bertz CT molecular complexity index is 909. The molecular weight excluding hydrogens is 326 g/mol. The number of nitriles is 1. The van der Waals surface area contributed by atoms with E-state index in [0.717, 1.165) is 43.1 Å². The molecule has 6 nitrogen and oxygen atoms in total. The van der Waals surface area contributed by atoms with Gasteiger partial charge < -0.3 is 10.2 Å². The number of carbonyl (C=O) groups is 1. The fourth-order valence-corrected chi connectivity index (χ4v) is 3.88. The number of benzene rings is 1. The van der Waals surface area contributed by atoms with Crippen molar-refractivity contribution in [3.8, 4) is 6.07 Å². The number of aromatic nitrogens is 1. The maximum Gasteiger partial charge on any atom is 0.259 e. The highest BCUT2D eigenvalue weighted by Gasteiger charge is 2.44. The van der Waals surface area contributed by atoms with Gasteiger partial charge in [0.1, 0.15) is 0 Å². The van der Waals surface area contributed by atoms with E-state index in [0.29, 0.717) is 11.1 Å². The lowest BCUT2D eigenvalue weighted by Crippen LogP contribution is -2.44. The third-order valence-corrected chi connectivity index (χ3v) is 5.25. The van der Waals surface area contributed by atoms with Gasteiger partial charge in [-0.3, -0.25) is 14.7 Å². The normalized spacial score (nSPS) is 18.6. The van der Waals surface area contributed by atoms with E-state index in [1.54, 1.807) is 23.2 Å². The van der Waals surface area contributed by atoms with E-state index in [2.05, 4.69) is 21.3 Å². The van der Waals surface area contributed by atoms with Crippen molar-refractivity contribution in [1.29, 1.82) is 5.26 Å². The van der Waals surface area contributed by atoms with Crippen LogP contribution in [0.5, 0.6) is 0 Å². The second-order valence-corrected chi connectivity index (χ2v) is 7.21. The van der Waals surface area contributed by atoms with Crippen LogP contribution in [0.1, 0.15) is 35.3 Å². The lowest BCUT2D eigenvalue weighted by Gasteiger charge is -2.34. The Morgan fingerprint density at radius 2 is 1.88 bits per heavy atom. The second kappa shape index (κ2) is 6.11. The largest absolute Gasteiger partial charge is 0.368 e. The number of nitrogens with one attached hydrogen (secondary N) is 1. The topological polar surface area (TPSA) is 72.3 Å². The number of carbonyl (C=O) groups excluding carboxylic acids is 1. The molecule has 0 atom stereocenters. The van der Waals surface area contributed by atoms with E-state index in [9.17, 15) is 10.1 Å². The summed E-state index contributed by atoms with van der Waals surface area (Å²) in [4.78, 5) is 21.6. The van der Waals surface area contributed by atoms with E-state index in [1.165, 1.54) is 0 Å². The molecule has 0 spiro atoms. The first-order chi connectivity index (χ1) is 12.5. The minimum Gasteiger partial charge on any atom is -0.368 e. The fourth-order valence-electron chi connectivity index (χ4n) is 3.88. The zero-order valence-corrected chi connectivity index (χ0v) is 15.0. The predicted octanol–water partition coefficient (Wildman–Crippen LogP) is 2.26. The number of nitrogens with zero attached hydrogens (tertiary/aromatic N) is 4. The molecule has 2 aromatic rings. The molecule has 26 heavy (non-hydrogen) atoms. The Morgan fingerprint density at radius 3 is 2.62 bits per heavy atom. The van der Waals surface area contributed by atoms with Gasteiger partial charge in [0, 0.05) is 31.7 Å². The summed E-state index contributed by atoms with van der Waals surface area (Å²) < 4.78 is 0. The highest BCUT2D eigenvalue weighted by atomic mass is 16.2. The molecule has 0 unspecified atom stereocenters. The van der Waals surface area contributed by atoms with E-state index >= 15 is 0 Å². The average Bonchev–Trinajstić information content (AvgIpc) is 2.88. The van der Waals surface area contributed by atoms with Crippen LogP contribution in [0.2, 0.25) is 0 Å². The molecule has 3 heterocycles. The molecule has 1 N–H and O–H groups in total. The van der Waals surface area contributed by atoms with Gasteiger partial charge in [0.15, 0.2) is 0 Å². The Morgan fingerprint density at radius 1 is 1.15 bits per heavy atom. The number of rotatable bonds is 2. The standard InChI is InChI=1S/C20H21N5O/c1-20(2)18-9-14(11-21)3-4-17(18)19(26)25(20)16-10-15(12-23-13-16)24-7-5-22-6-8-24/h3-4,9-10,12-13,22H,5-8H2,1-2H3. The lowest BCUT2D eigenvalue weighted by atomic mass is 9.92. The second-order valence-electron chi connectivity index (χ2n) is 7.21. The Labute approximate surface area is 153 Å². The maximum atomic E-state index is 13.1. The monoisotopic (exact) mass is 347 g/mol. The van der Waals surface area contributed by atoms with Gasteiger partial charge in [0.05, 0.1) is 40.9 Å². The van der Waals surface area contributed by atoms with Crippen LogP contribution in [0.4, 0.5) is 11.4 Å². The maximum absolute atomic E-state index is 13.1. The van der Waals surface area contributed by atoms with Crippen molar-refractivity contribution in [2.45, 2.75) is 19.4 Å². The van der Waals surface area contributed by atoms with Crippen LogP contribution in [0.25, 0.3) is 0 Å². The van der Waals surface area contributed by atoms with Crippen molar-refractivity contribution in [1.82, 2.24) is 10.3 Å². The van der Waals surface area contributed by atoms with Crippen LogP contribution < -0.4 is 15.1 Å². The molecular formula is C20H21N5O. The van der Waals surface area contributed by atoms with Crippen molar-refractivity contribution in [3.63, 3.8) is 0 Å². The number of anilines is 2. The van der Waals surface area contributed by atoms with Gasteiger partial charge in [-0.05, 0) is 43.7 Å². The number of amides is 1. The van der Waals surface area contributed by atoms with Crippen LogP contribution in [0.3, 0.4) is 0 Å². The summed E-state index contributed by atoms with van der Waals surface area (Å²) in [6.07, 6.45) is 3.59. The zero-order valence-electron chi connectivity index (χ0n) is 15.0. The lowest BCUT2D eigenvalue weighted by molar-refractivity contribution is 0.0982. The van der Waals surface area contributed by atoms with E-state index in [4.69, 9.17) is 0 Å². The zero-order chi connectivity index (χ0) is 18.3. The summed E-state index contributed by atoms with van der Waals surface area (Å²) in [6, 6.07) is 9.47. The van der Waals surface area contributed by atoms with Crippen LogP contribution in [0, 0.1) is 11.3 Å². The van der Waals surface area contributed by atoms with E-state index in [-0.39, 0.29) is 5.91 Å². The smallest absolute Gasteiger partial charge is 0.259 e. The Balaban J connectivity index is 1.74. The third-order valence-electron chi connectivity index (χ3n) is 5.25. The van der Waals surface area contributed by atoms with Crippen molar-refractivity contribution in [3.05, 3.63) is 53.3 Å². The first-order valence-electron chi connectivity index (χ1n) is 8.82. The Kier molecular flexibility index (Phi) is 3.89. The van der Waals surface area contributed by atoms with Gasteiger partial charge in [0.2, 0.25) is 0 Å². The highest BCUT2D eigenvalue weighted by Crippen LogP contribution is 2.42. The van der Waals surface area contributed by atoms with Crippen LogP contribution in [-0.4, -0.2) is 37.1 Å². The van der Waals surface area contributed by atoms with Gasteiger partial charge in [-0.2, -0.15) is 5.26 Å². The molecule has 0 aliphatic carbocycles. The molecule has 2 aliphatic heterocycles. The summed E-state index contributed by atoms with van der Waals surface area (Å²) >= 11 is 0. The first-order valence-corrected chi connectivity index (χ1v) is 8.82. The van der Waals surface area contributed by atoms with Gasteiger partial charge in [0.25, 0.3) is 5.91 Å². The van der Waals surface area contributed by atoms with Crippen LogP contribution in [0.15, 0.2) is 36.7 Å². The van der Waals surface area contributed by atoms with Crippen LogP contribution in [-0.2, 0) is 5.54 Å². The summed E-state index contributed by atoms with van der Waals surface area (Å²) in [5, 5.41) is 12.5. The summed E-state index contributed by atoms with van der Waals surface area (Å²) in [5.41, 5.74) is 3.38. The number of pyridine rings is 1. The number of hydrogen-bond acceptors (Lipinski definition) is 5. The van der Waals surface area contributed by atoms with E-state index in [1.807, 2.05) is 32.2 Å². The number of fused-ring (bicyclic) bond motifs is 1. The molecule has 1 aromatic carbocycles. The summed E-state index contributed by atoms with van der Waals surface area (Å²) in [7, 11) is 0. The van der Waals surface area contributed by atoms with Crippen molar-refractivity contribution < 1.29 is 4.79 Å². The molecule has 0 radical (unpaired) electrons. The Hall–Kier alpha value is -2.91. The van der Waals surface area contributed by atoms with Crippen molar-refractivity contribution in [2.24, 2.45) is 0 Å². The number of piperazine rings is 1. The number of hydrogen-bond donors (Lipinski definition) is 1. The first kappa shape index (κ1) is 16.6. The van der Waals surface area contributed by atoms with Gasteiger partial charge >= 0.3 is 0 Å². The summed E-state index contributed by atoms with van der Waals surface area (Å²) in [5.74, 6) is -0.0475. The van der Waals surface area contributed by atoms with E-state index < -0.39 is 5.54 Å². The highest BCUT2D eigenvalue weighted by molar-refractivity contribution is 6.12. The van der Waals surface area contributed by atoms with Crippen molar-refractivity contribution >= 4 is 17.3 Å². The molecule has 132 valence electrons. The molecule has 1 aromatic heterocycles. The van der Waals surface area contributed by atoms with Gasteiger partial charge in [-0.1, -0.05) is 0 Å².